The second kappa shape index (κ2) is 10.4. The third-order valence-corrected chi connectivity index (χ3v) is 6.29. The highest BCUT2D eigenvalue weighted by Crippen LogP contribution is 2.44. The van der Waals surface area contributed by atoms with E-state index in [-0.39, 0.29) is 37.2 Å². The molecule has 35 heavy (non-hydrogen) atoms. The van der Waals surface area contributed by atoms with Gasteiger partial charge in [0.1, 0.15) is 12.3 Å². The van der Waals surface area contributed by atoms with Gasteiger partial charge in [0, 0.05) is 19.5 Å². The van der Waals surface area contributed by atoms with Crippen molar-refractivity contribution >= 4 is 18.0 Å². The molecule has 1 heterocycles. The number of carboxylic acid groups (broad SMARTS) is 1. The molecule has 1 aliphatic rings. The van der Waals surface area contributed by atoms with Crippen LogP contribution in [-0.2, 0) is 23.1 Å². The monoisotopic (exact) mass is 476 g/mol. The molecule has 182 valence electrons. The summed E-state index contributed by atoms with van der Waals surface area (Å²) in [6.07, 6.45) is -0.0631. The van der Waals surface area contributed by atoms with Gasteiger partial charge in [-0.2, -0.15) is 5.10 Å². The molecule has 3 N–H and O–H groups in total. The summed E-state index contributed by atoms with van der Waals surface area (Å²) >= 11 is 0. The van der Waals surface area contributed by atoms with E-state index in [1.165, 1.54) is 17.8 Å². The average Bonchev–Trinajstić information content (AvgIpc) is 3.39. The molecule has 0 radical (unpaired) electrons. The minimum absolute atomic E-state index is 0.0347. The number of benzene rings is 2. The summed E-state index contributed by atoms with van der Waals surface area (Å²) in [7, 11) is 1.53. The molecule has 2 aromatic carbocycles. The Morgan fingerprint density at radius 3 is 2.26 bits per heavy atom. The van der Waals surface area contributed by atoms with Crippen LogP contribution in [0.15, 0.2) is 54.6 Å². The first-order valence-electron chi connectivity index (χ1n) is 11.5. The van der Waals surface area contributed by atoms with Gasteiger partial charge in [0.05, 0.1) is 18.2 Å². The lowest BCUT2D eigenvalue weighted by atomic mass is 9.98. The van der Waals surface area contributed by atoms with Gasteiger partial charge in [-0.1, -0.05) is 55.5 Å². The quantitative estimate of drug-likeness (QED) is 0.436. The number of rotatable bonds is 9. The van der Waals surface area contributed by atoms with Crippen molar-refractivity contribution in [1.29, 1.82) is 0 Å². The van der Waals surface area contributed by atoms with Gasteiger partial charge in [-0.25, -0.2) is 9.59 Å². The van der Waals surface area contributed by atoms with Crippen LogP contribution < -0.4 is 10.6 Å². The van der Waals surface area contributed by atoms with E-state index in [4.69, 9.17) is 9.84 Å². The third kappa shape index (κ3) is 5.18. The zero-order valence-electron chi connectivity index (χ0n) is 19.7. The number of nitrogens with one attached hydrogen (secondary N) is 2. The fourth-order valence-corrected chi connectivity index (χ4v) is 4.41. The molecule has 0 saturated carbocycles. The molecule has 2 amide bonds. The SMILES string of the molecule is CCC(CNC(=O)OCC1c2ccccc2-c2ccccc21)C(=O)NCc1cc(C(=O)O)n(C)n1. The number of carboxylic acids is 1. The summed E-state index contributed by atoms with van der Waals surface area (Å²) < 4.78 is 6.78. The van der Waals surface area contributed by atoms with E-state index < -0.39 is 18.0 Å². The average molecular weight is 477 g/mol. The van der Waals surface area contributed by atoms with Crippen LogP contribution in [0.1, 0.15) is 46.6 Å². The van der Waals surface area contributed by atoms with E-state index in [0.29, 0.717) is 12.1 Å². The van der Waals surface area contributed by atoms with E-state index in [0.717, 1.165) is 22.3 Å². The molecule has 0 spiro atoms. The molecule has 4 rings (SSSR count). The number of hydrogen-bond donors (Lipinski definition) is 3. The Morgan fingerprint density at radius 2 is 1.69 bits per heavy atom. The van der Waals surface area contributed by atoms with Crippen LogP contribution >= 0.6 is 0 Å². The molecule has 9 heteroatoms. The Labute approximate surface area is 203 Å². The number of aryl methyl sites for hydroxylation is 1. The number of aromatic nitrogens is 2. The zero-order chi connectivity index (χ0) is 24.9. The second-order valence-corrected chi connectivity index (χ2v) is 8.48. The third-order valence-electron chi connectivity index (χ3n) is 6.29. The maximum absolute atomic E-state index is 12.6. The molecule has 1 aliphatic carbocycles. The van der Waals surface area contributed by atoms with Crippen molar-refractivity contribution in [3.8, 4) is 11.1 Å². The highest BCUT2D eigenvalue weighted by Gasteiger charge is 2.29. The van der Waals surface area contributed by atoms with Crippen molar-refractivity contribution in [2.45, 2.75) is 25.8 Å². The van der Waals surface area contributed by atoms with Crippen molar-refractivity contribution in [3.05, 3.63) is 77.1 Å². The smallest absolute Gasteiger partial charge is 0.407 e. The predicted octanol–water partition coefficient (Wildman–Crippen LogP) is 3.30. The number of aromatic carboxylic acids is 1. The van der Waals surface area contributed by atoms with E-state index in [1.54, 1.807) is 0 Å². The van der Waals surface area contributed by atoms with E-state index in [2.05, 4.69) is 40.0 Å². The molecule has 1 atom stereocenters. The van der Waals surface area contributed by atoms with Gasteiger partial charge in [0.15, 0.2) is 0 Å². The number of carbonyl (C=O) groups excluding carboxylic acids is 2. The Morgan fingerprint density at radius 1 is 1.06 bits per heavy atom. The van der Waals surface area contributed by atoms with E-state index in [1.807, 2.05) is 31.2 Å². The van der Waals surface area contributed by atoms with Gasteiger partial charge in [0.25, 0.3) is 0 Å². The number of hydrogen-bond acceptors (Lipinski definition) is 5. The molecule has 0 bridgehead atoms. The summed E-state index contributed by atoms with van der Waals surface area (Å²) in [5.41, 5.74) is 5.06. The first-order chi connectivity index (χ1) is 16.9. The number of alkyl carbamates (subject to hydrolysis) is 1. The molecule has 1 aromatic heterocycles. The standard InChI is InChI=1S/C26H28N4O5/c1-3-16(24(31)27-14-17-12-23(25(32)33)30(2)29-17)13-28-26(34)35-15-22-20-10-6-4-8-18(20)19-9-5-7-11-21(19)22/h4-12,16,22H,3,13-15H2,1-2H3,(H,27,31)(H,28,34)(H,32,33). The lowest BCUT2D eigenvalue weighted by Gasteiger charge is -2.17. The maximum Gasteiger partial charge on any atom is 0.407 e. The minimum atomic E-state index is -1.09. The minimum Gasteiger partial charge on any atom is -0.477 e. The predicted molar refractivity (Wildman–Crippen MR) is 129 cm³/mol. The first kappa shape index (κ1) is 24.0. The van der Waals surface area contributed by atoms with Crippen molar-refractivity contribution in [2.24, 2.45) is 13.0 Å². The van der Waals surface area contributed by atoms with Gasteiger partial charge in [-0.3, -0.25) is 9.48 Å². The van der Waals surface area contributed by atoms with E-state index in [9.17, 15) is 14.4 Å². The lowest BCUT2D eigenvalue weighted by Crippen LogP contribution is -2.38. The van der Waals surface area contributed by atoms with Gasteiger partial charge in [-0.05, 0) is 34.7 Å². The number of fused-ring (bicyclic) bond motifs is 3. The van der Waals surface area contributed by atoms with Crippen molar-refractivity contribution in [1.82, 2.24) is 20.4 Å². The largest absolute Gasteiger partial charge is 0.477 e. The Hall–Kier alpha value is -4.14. The maximum atomic E-state index is 12.6. The molecular weight excluding hydrogens is 448 g/mol. The van der Waals surface area contributed by atoms with Crippen molar-refractivity contribution in [2.75, 3.05) is 13.2 Å². The fourth-order valence-electron chi connectivity index (χ4n) is 4.41. The normalized spacial score (nSPS) is 13.0. The van der Waals surface area contributed by atoms with Gasteiger partial charge in [-0.15, -0.1) is 0 Å². The first-order valence-corrected chi connectivity index (χ1v) is 11.5. The lowest BCUT2D eigenvalue weighted by molar-refractivity contribution is -0.125. The Kier molecular flexibility index (Phi) is 7.14. The van der Waals surface area contributed by atoms with Crippen LogP contribution in [0.3, 0.4) is 0 Å². The summed E-state index contributed by atoms with van der Waals surface area (Å²) in [5.74, 6) is -1.84. The van der Waals surface area contributed by atoms with Gasteiger partial charge in [0.2, 0.25) is 5.91 Å². The summed E-state index contributed by atoms with van der Waals surface area (Å²) in [5, 5.41) is 18.6. The molecule has 0 fully saturated rings. The van der Waals surface area contributed by atoms with Crippen LogP contribution in [0.25, 0.3) is 11.1 Å². The molecule has 0 saturated heterocycles. The summed E-state index contributed by atoms with van der Waals surface area (Å²) in [6, 6.07) is 17.6. The van der Waals surface area contributed by atoms with Gasteiger partial charge < -0.3 is 20.5 Å². The number of ether oxygens (including phenoxy) is 1. The topological polar surface area (TPSA) is 123 Å². The Balaban J connectivity index is 1.28. The highest BCUT2D eigenvalue weighted by molar-refractivity contribution is 5.86. The number of carbonyl (C=O) groups is 3. The van der Waals surface area contributed by atoms with Crippen LogP contribution in [0.4, 0.5) is 4.79 Å². The van der Waals surface area contributed by atoms with Crippen LogP contribution in [0, 0.1) is 5.92 Å². The van der Waals surface area contributed by atoms with Crippen molar-refractivity contribution < 1.29 is 24.2 Å². The summed E-state index contributed by atoms with van der Waals surface area (Å²) in [6.45, 7) is 2.28. The van der Waals surface area contributed by atoms with Crippen LogP contribution in [-0.4, -0.2) is 46.0 Å². The van der Waals surface area contributed by atoms with Crippen LogP contribution in [0.2, 0.25) is 0 Å². The highest BCUT2D eigenvalue weighted by atomic mass is 16.5. The Bertz CT molecular complexity index is 1210. The van der Waals surface area contributed by atoms with E-state index >= 15 is 0 Å². The second-order valence-electron chi connectivity index (χ2n) is 8.48. The summed E-state index contributed by atoms with van der Waals surface area (Å²) in [4.78, 5) is 36.1. The van der Waals surface area contributed by atoms with Crippen LogP contribution in [0.5, 0.6) is 0 Å². The molecule has 1 unspecified atom stereocenters. The van der Waals surface area contributed by atoms with Gasteiger partial charge >= 0.3 is 12.1 Å². The zero-order valence-corrected chi connectivity index (χ0v) is 19.7. The molecule has 0 aliphatic heterocycles. The fraction of sp³-hybridized carbons (Fsp3) is 0.308. The molecular formula is C26H28N4O5. The molecule has 3 aromatic rings. The number of amides is 2. The van der Waals surface area contributed by atoms with Crippen molar-refractivity contribution in [3.63, 3.8) is 0 Å². The molecule has 9 nitrogen and oxygen atoms in total. The number of nitrogens with zero attached hydrogens (tertiary/aromatic N) is 2.